The van der Waals surface area contributed by atoms with Crippen molar-refractivity contribution in [1.82, 2.24) is 9.80 Å². The molecule has 0 bridgehead atoms. The quantitative estimate of drug-likeness (QED) is 0.779. The van der Waals surface area contributed by atoms with Gasteiger partial charge in [-0.1, -0.05) is 37.3 Å². The van der Waals surface area contributed by atoms with Crippen molar-refractivity contribution in [3.63, 3.8) is 0 Å². The topological polar surface area (TPSA) is 66.6 Å². The number of nitrogens with zero attached hydrogens (tertiary/aromatic N) is 2. The lowest BCUT2D eigenvalue weighted by Gasteiger charge is -2.31. The van der Waals surface area contributed by atoms with Crippen LogP contribution in [-0.4, -0.2) is 47.3 Å². The summed E-state index contributed by atoms with van der Waals surface area (Å²) < 4.78 is 0. The Kier molecular flexibility index (Phi) is 7.25. The second-order valence-electron chi connectivity index (χ2n) is 6.40. The number of hydrogen-bond acceptors (Lipinski definition) is 3. The van der Waals surface area contributed by atoms with Crippen LogP contribution in [0.5, 0.6) is 0 Å². The first-order valence-corrected chi connectivity index (χ1v) is 8.97. The first kappa shape index (κ1) is 18.5. The van der Waals surface area contributed by atoms with Gasteiger partial charge in [0, 0.05) is 38.5 Å². The Morgan fingerprint density at radius 1 is 1.25 bits per heavy atom. The number of nitrogens with two attached hydrogens (primary N) is 1. The Bertz CT molecular complexity index is 533. The van der Waals surface area contributed by atoms with Crippen LogP contribution in [0.15, 0.2) is 30.3 Å². The van der Waals surface area contributed by atoms with Crippen LogP contribution >= 0.6 is 0 Å². The van der Waals surface area contributed by atoms with Crippen molar-refractivity contribution in [3.8, 4) is 0 Å². The lowest BCUT2D eigenvalue weighted by atomic mass is 10.1. The van der Waals surface area contributed by atoms with Crippen molar-refractivity contribution in [2.75, 3.05) is 19.6 Å². The van der Waals surface area contributed by atoms with Crippen molar-refractivity contribution < 1.29 is 9.59 Å². The number of amides is 2. The Morgan fingerprint density at radius 2 is 2.00 bits per heavy atom. The van der Waals surface area contributed by atoms with Gasteiger partial charge in [0.1, 0.15) is 0 Å². The molecule has 0 aliphatic carbocycles. The molecular weight excluding hydrogens is 302 g/mol. The van der Waals surface area contributed by atoms with Crippen LogP contribution < -0.4 is 5.73 Å². The summed E-state index contributed by atoms with van der Waals surface area (Å²) in [4.78, 5) is 28.8. The molecule has 1 atom stereocenters. The van der Waals surface area contributed by atoms with Gasteiger partial charge in [0.2, 0.25) is 11.8 Å². The van der Waals surface area contributed by atoms with E-state index in [-0.39, 0.29) is 17.9 Å². The maximum absolute atomic E-state index is 12.6. The molecule has 0 saturated carbocycles. The Morgan fingerprint density at radius 3 is 2.67 bits per heavy atom. The second-order valence-corrected chi connectivity index (χ2v) is 6.40. The fourth-order valence-corrected chi connectivity index (χ4v) is 3.17. The molecular formula is C19H29N3O2. The zero-order chi connectivity index (χ0) is 17.4. The third kappa shape index (κ3) is 5.06. The van der Waals surface area contributed by atoms with Crippen LogP contribution in [-0.2, 0) is 16.1 Å². The molecule has 1 aliphatic heterocycles. The van der Waals surface area contributed by atoms with Crippen LogP contribution in [0.4, 0.5) is 0 Å². The van der Waals surface area contributed by atoms with E-state index in [1.165, 1.54) is 0 Å². The summed E-state index contributed by atoms with van der Waals surface area (Å²) in [5.74, 6) is 0.291. The Balaban J connectivity index is 2.03. The molecule has 1 aliphatic rings. The summed E-state index contributed by atoms with van der Waals surface area (Å²) >= 11 is 0. The van der Waals surface area contributed by atoms with Crippen molar-refractivity contribution in [3.05, 3.63) is 35.9 Å². The number of hydrogen-bond donors (Lipinski definition) is 1. The lowest BCUT2D eigenvalue weighted by molar-refractivity contribution is -0.133. The van der Waals surface area contributed by atoms with E-state index < -0.39 is 0 Å². The summed E-state index contributed by atoms with van der Waals surface area (Å²) in [5.41, 5.74) is 6.63. The van der Waals surface area contributed by atoms with E-state index in [9.17, 15) is 9.59 Å². The second kappa shape index (κ2) is 9.42. The van der Waals surface area contributed by atoms with E-state index in [0.717, 1.165) is 24.8 Å². The first-order chi connectivity index (χ1) is 11.7. The zero-order valence-corrected chi connectivity index (χ0v) is 14.6. The fraction of sp³-hybridized carbons (Fsp3) is 0.579. The van der Waals surface area contributed by atoms with Crippen LogP contribution in [0, 0.1) is 0 Å². The summed E-state index contributed by atoms with van der Waals surface area (Å²) in [5, 5.41) is 0. The molecule has 5 heteroatoms. The van der Waals surface area contributed by atoms with Crippen LogP contribution in [0.1, 0.15) is 44.6 Å². The van der Waals surface area contributed by atoms with Crippen molar-refractivity contribution >= 4 is 11.8 Å². The minimum Gasteiger partial charge on any atom is -0.340 e. The lowest BCUT2D eigenvalue weighted by Crippen LogP contribution is -2.43. The van der Waals surface area contributed by atoms with Gasteiger partial charge in [-0.3, -0.25) is 9.59 Å². The molecule has 0 radical (unpaired) electrons. The highest BCUT2D eigenvalue weighted by atomic mass is 16.2. The van der Waals surface area contributed by atoms with Crippen LogP contribution in [0.3, 0.4) is 0 Å². The highest BCUT2D eigenvalue weighted by Crippen LogP contribution is 2.18. The molecule has 0 unspecified atom stereocenters. The average molecular weight is 331 g/mol. The summed E-state index contributed by atoms with van der Waals surface area (Å²) in [6, 6.07) is 10.1. The van der Waals surface area contributed by atoms with Crippen molar-refractivity contribution in [1.29, 1.82) is 0 Å². The predicted octanol–water partition coefficient (Wildman–Crippen LogP) is 2.16. The first-order valence-electron chi connectivity index (χ1n) is 8.97. The molecule has 1 aromatic carbocycles. The number of rotatable bonds is 7. The van der Waals surface area contributed by atoms with Crippen molar-refractivity contribution in [2.45, 2.75) is 51.6 Å². The van der Waals surface area contributed by atoms with Gasteiger partial charge in [-0.2, -0.15) is 0 Å². The standard InChI is InChI=1S/C19H29N3O2/c1-2-17-15-21(18(23)10-6-7-12-20)13-11-19(24)22(17)14-16-8-4-3-5-9-16/h3-5,8-9,17H,2,6-7,10-15,20H2,1H3/t17-/m1/s1. The van der Waals surface area contributed by atoms with E-state index in [1.807, 2.05) is 40.1 Å². The third-order valence-corrected chi connectivity index (χ3v) is 4.65. The van der Waals surface area contributed by atoms with E-state index in [1.54, 1.807) is 0 Å². The Hall–Kier alpha value is -1.88. The smallest absolute Gasteiger partial charge is 0.224 e. The van der Waals surface area contributed by atoms with Gasteiger partial charge in [-0.15, -0.1) is 0 Å². The van der Waals surface area contributed by atoms with E-state index in [2.05, 4.69) is 6.92 Å². The molecule has 1 fully saturated rings. The van der Waals surface area contributed by atoms with E-state index in [0.29, 0.717) is 39.0 Å². The molecule has 5 nitrogen and oxygen atoms in total. The summed E-state index contributed by atoms with van der Waals surface area (Å²) in [7, 11) is 0. The SMILES string of the molecule is CC[C@@H]1CN(C(=O)CCCCN)CCC(=O)N1Cc1ccccc1. The summed E-state index contributed by atoms with van der Waals surface area (Å²) in [6.45, 7) is 4.48. The predicted molar refractivity (Wildman–Crippen MR) is 95.2 cm³/mol. The highest BCUT2D eigenvalue weighted by Gasteiger charge is 2.30. The van der Waals surface area contributed by atoms with Crippen LogP contribution in [0.2, 0.25) is 0 Å². The molecule has 0 aromatic heterocycles. The molecule has 1 heterocycles. The van der Waals surface area contributed by atoms with Gasteiger partial charge in [-0.25, -0.2) is 0 Å². The van der Waals surface area contributed by atoms with Gasteiger partial charge in [-0.05, 0) is 31.4 Å². The summed E-state index contributed by atoms with van der Waals surface area (Å²) in [6.07, 6.45) is 3.48. The number of carbonyl (C=O) groups is 2. The zero-order valence-electron chi connectivity index (χ0n) is 14.6. The van der Waals surface area contributed by atoms with Gasteiger partial charge >= 0.3 is 0 Å². The van der Waals surface area contributed by atoms with Gasteiger partial charge < -0.3 is 15.5 Å². The molecule has 2 rings (SSSR count). The van der Waals surface area contributed by atoms with Gasteiger partial charge in [0.15, 0.2) is 0 Å². The van der Waals surface area contributed by atoms with Crippen molar-refractivity contribution in [2.24, 2.45) is 5.73 Å². The van der Waals surface area contributed by atoms with E-state index >= 15 is 0 Å². The minimum absolute atomic E-state index is 0.0821. The fourth-order valence-electron chi connectivity index (χ4n) is 3.17. The molecule has 2 amide bonds. The number of benzene rings is 1. The average Bonchev–Trinajstić information content (AvgIpc) is 2.76. The molecule has 1 aromatic rings. The molecule has 0 spiro atoms. The number of carbonyl (C=O) groups excluding carboxylic acids is 2. The molecule has 2 N–H and O–H groups in total. The minimum atomic E-state index is 0.0821. The molecule has 1 saturated heterocycles. The maximum atomic E-state index is 12.6. The molecule has 132 valence electrons. The monoisotopic (exact) mass is 331 g/mol. The number of unbranched alkanes of at least 4 members (excludes halogenated alkanes) is 1. The normalized spacial score (nSPS) is 18.6. The van der Waals surface area contributed by atoms with Crippen LogP contribution in [0.25, 0.3) is 0 Å². The van der Waals surface area contributed by atoms with E-state index in [4.69, 9.17) is 5.73 Å². The highest BCUT2D eigenvalue weighted by molar-refractivity contribution is 5.80. The largest absolute Gasteiger partial charge is 0.340 e. The van der Waals surface area contributed by atoms with Gasteiger partial charge in [0.05, 0.1) is 0 Å². The molecule has 24 heavy (non-hydrogen) atoms. The van der Waals surface area contributed by atoms with Gasteiger partial charge in [0.25, 0.3) is 0 Å². The Labute approximate surface area is 144 Å². The maximum Gasteiger partial charge on any atom is 0.224 e. The third-order valence-electron chi connectivity index (χ3n) is 4.65.